The molecule has 5 nitrogen and oxygen atoms in total. The van der Waals surface area contributed by atoms with E-state index in [1.807, 2.05) is 19.1 Å². The molecule has 0 spiro atoms. The third-order valence-corrected chi connectivity index (χ3v) is 3.20. The lowest BCUT2D eigenvalue weighted by Gasteiger charge is -2.07. The highest BCUT2D eigenvalue weighted by Crippen LogP contribution is 2.23. The summed E-state index contributed by atoms with van der Waals surface area (Å²) in [7, 11) is 1.53. The minimum atomic E-state index is -0.295. The first kappa shape index (κ1) is 15.6. The second-order valence-corrected chi connectivity index (χ2v) is 4.89. The smallest absolute Gasteiger partial charge is 0.271 e. The molecule has 2 aromatic carbocycles. The topological polar surface area (TPSA) is 70.9 Å². The molecule has 22 heavy (non-hydrogen) atoms. The van der Waals surface area contributed by atoms with Crippen LogP contribution in [-0.4, -0.2) is 23.8 Å². The van der Waals surface area contributed by atoms with Crippen LogP contribution in [0.5, 0.6) is 11.5 Å². The highest BCUT2D eigenvalue weighted by atomic mass is 16.5. The summed E-state index contributed by atoms with van der Waals surface area (Å²) in [4.78, 5) is 12.0. The van der Waals surface area contributed by atoms with Crippen molar-refractivity contribution in [3.05, 3.63) is 59.2 Å². The second kappa shape index (κ2) is 6.76. The van der Waals surface area contributed by atoms with Gasteiger partial charge < -0.3 is 9.84 Å². The Labute approximate surface area is 129 Å². The fourth-order valence-electron chi connectivity index (χ4n) is 1.99. The summed E-state index contributed by atoms with van der Waals surface area (Å²) in [6, 6.07) is 12.1. The fraction of sp³-hybridized carbons (Fsp3) is 0.176. The molecule has 0 aliphatic heterocycles. The Morgan fingerprint density at radius 1 is 1.23 bits per heavy atom. The number of methoxy groups -OCH3 is 1. The monoisotopic (exact) mass is 298 g/mol. The molecule has 0 aliphatic rings. The Morgan fingerprint density at radius 3 is 2.64 bits per heavy atom. The van der Waals surface area contributed by atoms with Crippen molar-refractivity contribution in [2.75, 3.05) is 7.11 Å². The minimum absolute atomic E-state index is 0.0467. The number of aromatic hydroxyl groups is 1. The molecule has 1 amide bonds. The maximum atomic E-state index is 12.0. The van der Waals surface area contributed by atoms with E-state index in [0.717, 1.165) is 5.56 Å². The van der Waals surface area contributed by atoms with Crippen LogP contribution in [0.15, 0.2) is 47.6 Å². The summed E-state index contributed by atoms with van der Waals surface area (Å²) in [5.74, 6) is 0.305. The Kier molecular flexibility index (Phi) is 4.78. The largest absolute Gasteiger partial charge is 0.507 e. The number of hydrazone groups is 1. The van der Waals surface area contributed by atoms with Crippen molar-refractivity contribution in [1.82, 2.24) is 5.43 Å². The second-order valence-electron chi connectivity index (χ2n) is 4.89. The number of carbonyl (C=O) groups excluding carboxylic acids is 1. The predicted molar refractivity (Wildman–Crippen MR) is 85.5 cm³/mol. The Hall–Kier alpha value is -2.82. The first-order valence-corrected chi connectivity index (χ1v) is 6.80. The summed E-state index contributed by atoms with van der Waals surface area (Å²) in [6.45, 7) is 3.62. The number of benzene rings is 2. The van der Waals surface area contributed by atoms with Gasteiger partial charge in [-0.2, -0.15) is 5.10 Å². The molecule has 2 N–H and O–H groups in total. The number of nitrogens with one attached hydrogen (secondary N) is 1. The van der Waals surface area contributed by atoms with Crippen LogP contribution in [0.1, 0.15) is 28.4 Å². The molecule has 2 aromatic rings. The lowest BCUT2D eigenvalue weighted by Crippen LogP contribution is -2.19. The molecule has 0 aliphatic carbocycles. The number of aryl methyl sites for hydroxylation is 1. The molecule has 114 valence electrons. The number of ether oxygens (including phenoxy) is 1. The molecule has 2 rings (SSSR count). The van der Waals surface area contributed by atoms with Crippen molar-refractivity contribution in [1.29, 1.82) is 0 Å². The lowest BCUT2D eigenvalue weighted by molar-refractivity contribution is 0.0954. The van der Waals surface area contributed by atoms with Gasteiger partial charge in [-0.1, -0.05) is 17.7 Å². The third kappa shape index (κ3) is 3.63. The van der Waals surface area contributed by atoms with Crippen molar-refractivity contribution in [3.63, 3.8) is 0 Å². The zero-order valence-corrected chi connectivity index (χ0v) is 12.8. The predicted octanol–water partition coefficient (Wildman–Crippen LogP) is 2.86. The van der Waals surface area contributed by atoms with Gasteiger partial charge in [-0.15, -0.1) is 0 Å². The summed E-state index contributed by atoms with van der Waals surface area (Å²) in [5, 5.41) is 14.0. The van der Waals surface area contributed by atoms with E-state index in [2.05, 4.69) is 10.5 Å². The van der Waals surface area contributed by atoms with Crippen LogP contribution in [0, 0.1) is 6.92 Å². The van der Waals surface area contributed by atoms with Gasteiger partial charge in [0.2, 0.25) is 0 Å². The van der Waals surface area contributed by atoms with Gasteiger partial charge in [-0.3, -0.25) is 4.79 Å². The molecule has 0 unspecified atom stereocenters. The quantitative estimate of drug-likeness (QED) is 0.673. The molecule has 0 aromatic heterocycles. The molecule has 0 bridgehead atoms. The van der Waals surface area contributed by atoms with Gasteiger partial charge in [0.15, 0.2) is 0 Å². The SMILES string of the molecule is COc1ccc(/C(C)=N/NC(=O)c2cccc(C)c2)c(O)c1. The van der Waals surface area contributed by atoms with Crippen molar-refractivity contribution in [2.24, 2.45) is 5.10 Å². The first-order chi connectivity index (χ1) is 10.5. The van der Waals surface area contributed by atoms with Gasteiger partial charge in [-0.05, 0) is 38.1 Å². The van der Waals surface area contributed by atoms with Crippen LogP contribution >= 0.6 is 0 Å². The highest BCUT2D eigenvalue weighted by molar-refractivity contribution is 6.02. The standard InChI is InChI=1S/C17H18N2O3/c1-11-5-4-6-13(9-11)17(21)19-18-12(2)15-8-7-14(22-3)10-16(15)20/h4-10,20H,1-3H3,(H,19,21)/b18-12+. The van der Waals surface area contributed by atoms with Gasteiger partial charge >= 0.3 is 0 Å². The van der Waals surface area contributed by atoms with Gasteiger partial charge in [0, 0.05) is 17.2 Å². The van der Waals surface area contributed by atoms with Crippen LogP contribution in [0.2, 0.25) is 0 Å². The Morgan fingerprint density at radius 2 is 2.00 bits per heavy atom. The number of phenols is 1. The molecule has 5 heteroatoms. The summed E-state index contributed by atoms with van der Waals surface area (Å²) in [6.07, 6.45) is 0. The molecular weight excluding hydrogens is 280 g/mol. The molecule has 0 saturated carbocycles. The number of phenolic OH excluding ortho intramolecular Hbond substituents is 1. The zero-order valence-electron chi connectivity index (χ0n) is 12.8. The zero-order chi connectivity index (χ0) is 16.1. The fourth-order valence-corrected chi connectivity index (χ4v) is 1.99. The molecule has 0 radical (unpaired) electrons. The Balaban J connectivity index is 2.14. The van der Waals surface area contributed by atoms with Gasteiger partial charge in [-0.25, -0.2) is 5.43 Å². The van der Waals surface area contributed by atoms with Crippen LogP contribution in [0.4, 0.5) is 0 Å². The first-order valence-electron chi connectivity index (χ1n) is 6.80. The highest BCUT2D eigenvalue weighted by Gasteiger charge is 2.08. The summed E-state index contributed by atoms with van der Waals surface area (Å²) >= 11 is 0. The molecule has 0 atom stereocenters. The van der Waals surface area contributed by atoms with E-state index in [1.54, 1.807) is 31.2 Å². The van der Waals surface area contributed by atoms with Crippen molar-refractivity contribution < 1.29 is 14.6 Å². The summed E-state index contributed by atoms with van der Waals surface area (Å²) < 4.78 is 5.03. The van der Waals surface area contributed by atoms with Gasteiger partial charge in [0.05, 0.1) is 12.8 Å². The number of hydrogen-bond donors (Lipinski definition) is 2. The van der Waals surface area contributed by atoms with E-state index in [1.165, 1.54) is 13.2 Å². The molecular formula is C17H18N2O3. The number of hydrogen-bond acceptors (Lipinski definition) is 4. The van der Waals surface area contributed by atoms with Crippen molar-refractivity contribution >= 4 is 11.6 Å². The van der Waals surface area contributed by atoms with Crippen molar-refractivity contribution in [3.8, 4) is 11.5 Å². The van der Waals surface area contributed by atoms with E-state index in [0.29, 0.717) is 22.6 Å². The maximum absolute atomic E-state index is 12.0. The summed E-state index contributed by atoms with van der Waals surface area (Å²) in [5.41, 5.74) is 5.06. The number of rotatable bonds is 4. The number of amides is 1. The maximum Gasteiger partial charge on any atom is 0.271 e. The van der Waals surface area contributed by atoms with Crippen LogP contribution in [0.25, 0.3) is 0 Å². The van der Waals surface area contributed by atoms with Crippen LogP contribution in [-0.2, 0) is 0 Å². The van der Waals surface area contributed by atoms with Crippen LogP contribution < -0.4 is 10.2 Å². The molecule has 0 saturated heterocycles. The average molecular weight is 298 g/mol. The Bertz CT molecular complexity index is 724. The third-order valence-electron chi connectivity index (χ3n) is 3.20. The van der Waals surface area contributed by atoms with E-state index in [9.17, 15) is 9.90 Å². The van der Waals surface area contributed by atoms with E-state index in [-0.39, 0.29) is 11.7 Å². The normalized spacial score (nSPS) is 11.1. The number of nitrogens with zero attached hydrogens (tertiary/aromatic N) is 1. The lowest BCUT2D eigenvalue weighted by atomic mass is 10.1. The van der Waals surface area contributed by atoms with E-state index >= 15 is 0 Å². The van der Waals surface area contributed by atoms with E-state index < -0.39 is 0 Å². The van der Waals surface area contributed by atoms with Gasteiger partial charge in [0.1, 0.15) is 11.5 Å². The van der Waals surface area contributed by atoms with Crippen LogP contribution in [0.3, 0.4) is 0 Å². The average Bonchev–Trinajstić information content (AvgIpc) is 2.52. The van der Waals surface area contributed by atoms with Crippen molar-refractivity contribution in [2.45, 2.75) is 13.8 Å². The molecule has 0 heterocycles. The minimum Gasteiger partial charge on any atom is -0.507 e. The van der Waals surface area contributed by atoms with Gasteiger partial charge in [0.25, 0.3) is 5.91 Å². The number of carbonyl (C=O) groups is 1. The van der Waals surface area contributed by atoms with E-state index in [4.69, 9.17) is 4.74 Å². The molecule has 0 fully saturated rings.